The van der Waals surface area contributed by atoms with Crippen molar-refractivity contribution < 1.29 is 9.90 Å². The molecule has 5 nitrogen and oxygen atoms in total. The van der Waals surface area contributed by atoms with Gasteiger partial charge in [0, 0.05) is 30.9 Å². The van der Waals surface area contributed by atoms with E-state index in [0.717, 1.165) is 11.3 Å². The number of hydrogen-bond acceptors (Lipinski definition) is 6. The van der Waals surface area contributed by atoms with E-state index in [1.54, 1.807) is 17.5 Å². The maximum Gasteiger partial charge on any atom is 0.329 e. The van der Waals surface area contributed by atoms with E-state index in [1.807, 2.05) is 32.3 Å². The van der Waals surface area contributed by atoms with Gasteiger partial charge in [-0.2, -0.15) is 0 Å². The average Bonchev–Trinajstić information content (AvgIpc) is 3.23. The van der Waals surface area contributed by atoms with E-state index in [-0.39, 0.29) is 0 Å². The van der Waals surface area contributed by atoms with Crippen LogP contribution in [0.1, 0.15) is 16.1 Å². The maximum atomic E-state index is 10.9. The third-order valence-corrected chi connectivity index (χ3v) is 5.72. The molecule has 1 N–H and O–H groups in total. The van der Waals surface area contributed by atoms with Gasteiger partial charge >= 0.3 is 5.97 Å². The van der Waals surface area contributed by atoms with Gasteiger partial charge in [0.25, 0.3) is 0 Å². The summed E-state index contributed by atoms with van der Waals surface area (Å²) in [4.78, 5) is 22.8. The summed E-state index contributed by atoms with van der Waals surface area (Å²) in [5, 5.41) is 10.9. The summed E-state index contributed by atoms with van der Waals surface area (Å²) in [6.07, 6.45) is 5.87. The molecule has 0 aliphatic carbocycles. The Balaban J connectivity index is 1.69. The molecule has 0 saturated heterocycles. The molecule has 0 aromatic carbocycles. The molecule has 1 aliphatic heterocycles. The summed E-state index contributed by atoms with van der Waals surface area (Å²) in [7, 11) is 4.06. The van der Waals surface area contributed by atoms with Crippen LogP contribution in [0.25, 0.3) is 12.2 Å². The van der Waals surface area contributed by atoms with Crippen LogP contribution in [-0.4, -0.2) is 47.0 Å². The zero-order valence-electron chi connectivity index (χ0n) is 13.3. The first kappa shape index (κ1) is 16.7. The van der Waals surface area contributed by atoms with Crippen molar-refractivity contribution in [3.05, 3.63) is 46.6 Å². The Morgan fingerprint density at radius 1 is 1.29 bits per heavy atom. The molecule has 0 radical (unpaired) electrons. The molecular formula is C17H17N3O2S2. The molecule has 0 saturated carbocycles. The van der Waals surface area contributed by atoms with Gasteiger partial charge < -0.3 is 10.0 Å². The molecule has 24 heavy (non-hydrogen) atoms. The lowest BCUT2D eigenvalue weighted by molar-refractivity contribution is -0.137. The van der Waals surface area contributed by atoms with Gasteiger partial charge in [0.05, 0.1) is 10.7 Å². The fourth-order valence-corrected chi connectivity index (χ4v) is 3.96. The largest absolute Gasteiger partial charge is 0.480 e. The molecule has 7 heteroatoms. The Morgan fingerprint density at radius 2 is 2.12 bits per heavy atom. The Kier molecular flexibility index (Phi) is 5.01. The number of aliphatic imine (C=N–C) groups is 1. The van der Waals surface area contributed by atoms with Crippen LogP contribution < -0.4 is 4.90 Å². The van der Waals surface area contributed by atoms with E-state index in [4.69, 9.17) is 5.11 Å². The van der Waals surface area contributed by atoms with Gasteiger partial charge in [-0.1, -0.05) is 12.1 Å². The number of thioether (sulfide) groups is 1. The normalized spacial score (nSPS) is 17.2. The molecule has 1 aliphatic rings. The van der Waals surface area contributed by atoms with Crippen molar-refractivity contribution in [1.82, 2.24) is 4.98 Å². The van der Waals surface area contributed by atoms with Crippen molar-refractivity contribution in [3.63, 3.8) is 0 Å². The van der Waals surface area contributed by atoms with Crippen molar-refractivity contribution in [2.75, 3.05) is 24.7 Å². The van der Waals surface area contributed by atoms with Crippen molar-refractivity contribution in [1.29, 1.82) is 0 Å². The fourth-order valence-electron chi connectivity index (χ4n) is 2.12. The summed E-state index contributed by atoms with van der Waals surface area (Å²) >= 11 is 3.17. The van der Waals surface area contributed by atoms with E-state index < -0.39 is 12.0 Å². The number of anilines is 1. The number of carbonyl (C=O) groups is 1. The van der Waals surface area contributed by atoms with Gasteiger partial charge in [0.2, 0.25) is 0 Å². The van der Waals surface area contributed by atoms with E-state index >= 15 is 0 Å². The Hall–Kier alpha value is -2.12. The Labute approximate surface area is 148 Å². The topological polar surface area (TPSA) is 65.8 Å². The molecular weight excluding hydrogens is 342 g/mol. The SMILES string of the molecule is CN(C)c1ccc(/C=C/c2ccc(C3=N[C@@H](C(=O)O)CS3)nc2)s1. The van der Waals surface area contributed by atoms with Gasteiger partial charge in [0.1, 0.15) is 5.04 Å². The first-order valence-corrected chi connectivity index (χ1v) is 9.18. The number of hydrogen-bond donors (Lipinski definition) is 1. The lowest BCUT2D eigenvalue weighted by Gasteiger charge is -2.06. The average molecular weight is 359 g/mol. The molecule has 2 aromatic heterocycles. The molecule has 0 spiro atoms. The van der Waals surface area contributed by atoms with Gasteiger partial charge in [-0.05, 0) is 29.8 Å². The van der Waals surface area contributed by atoms with Gasteiger partial charge in [-0.25, -0.2) is 4.79 Å². The number of aliphatic carboxylic acids is 1. The van der Waals surface area contributed by atoms with Gasteiger partial charge in [-0.3, -0.25) is 9.98 Å². The highest BCUT2D eigenvalue weighted by molar-refractivity contribution is 8.14. The predicted molar refractivity (Wildman–Crippen MR) is 102 cm³/mol. The smallest absolute Gasteiger partial charge is 0.329 e. The number of carboxylic acid groups (broad SMARTS) is 1. The second-order valence-electron chi connectivity index (χ2n) is 5.48. The third kappa shape index (κ3) is 3.85. The van der Waals surface area contributed by atoms with Crippen LogP contribution in [0.5, 0.6) is 0 Å². The summed E-state index contributed by atoms with van der Waals surface area (Å²) in [6.45, 7) is 0. The van der Waals surface area contributed by atoms with E-state index in [1.165, 1.54) is 21.6 Å². The number of pyridine rings is 1. The third-order valence-electron chi connectivity index (χ3n) is 3.43. The number of rotatable bonds is 5. The van der Waals surface area contributed by atoms with Crippen LogP contribution in [0.4, 0.5) is 5.00 Å². The summed E-state index contributed by atoms with van der Waals surface area (Å²) in [5.41, 5.74) is 1.73. The molecule has 3 rings (SSSR count). The first-order valence-electron chi connectivity index (χ1n) is 7.38. The molecule has 2 aromatic rings. The van der Waals surface area contributed by atoms with Crippen LogP contribution in [0.2, 0.25) is 0 Å². The summed E-state index contributed by atoms with van der Waals surface area (Å²) in [5.74, 6) is -0.411. The van der Waals surface area contributed by atoms with E-state index in [0.29, 0.717) is 10.8 Å². The molecule has 0 fully saturated rings. The molecule has 3 heterocycles. The monoisotopic (exact) mass is 359 g/mol. The zero-order chi connectivity index (χ0) is 17.1. The van der Waals surface area contributed by atoms with E-state index in [2.05, 4.69) is 33.1 Å². The minimum atomic E-state index is -0.884. The van der Waals surface area contributed by atoms with Crippen molar-refractivity contribution in [2.45, 2.75) is 6.04 Å². The number of nitrogens with zero attached hydrogens (tertiary/aromatic N) is 3. The lowest BCUT2D eigenvalue weighted by Crippen LogP contribution is -2.17. The van der Waals surface area contributed by atoms with Crippen LogP contribution in [0, 0.1) is 0 Å². The van der Waals surface area contributed by atoms with Crippen LogP contribution in [0.15, 0.2) is 35.5 Å². The Morgan fingerprint density at radius 3 is 2.71 bits per heavy atom. The first-order chi connectivity index (χ1) is 11.5. The molecule has 124 valence electrons. The predicted octanol–water partition coefficient (Wildman–Crippen LogP) is 3.33. The van der Waals surface area contributed by atoms with Crippen LogP contribution >= 0.6 is 23.1 Å². The molecule has 1 atom stereocenters. The van der Waals surface area contributed by atoms with Gasteiger partial charge in [-0.15, -0.1) is 23.1 Å². The number of thiophene rings is 1. The standard InChI is InChI=1S/C17H17N3O2S2/c1-20(2)15-8-6-12(24-15)5-3-11-4-7-13(18-9-11)16-19-14(10-23-16)17(21)22/h3-9,14H,10H2,1-2H3,(H,21,22)/b5-3+/t14-/m1/s1. The fraction of sp³-hybridized carbons (Fsp3) is 0.235. The number of carboxylic acids is 1. The number of aromatic nitrogens is 1. The quantitative estimate of drug-likeness (QED) is 0.887. The minimum Gasteiger partial charge on any atom is -0.480 e. The van der Waals surface area contributed by atoms with Crippen LogP contribution in [0.3, 0.4) is 0 Å². The van der Waals surface area contributed by atoms with Crippen molar-refractivity contribution >= 4 is 51.3 Å². The highest BCUT2D eigenvalue weighted by atomic mass is 32.2. The summed E-state index contributed by atoms with van der Waals surface area (Å²) < 4.78 is 0. The highest BCUT2D eigenvalue weighted by Crippen LogP contribution is 2.26. The summed E-state index contributed by atoms with van der Waals surface area (Å²) in [6, 6.07) is 7.39. The van der Waals surface area contributed by atoms with E-state index in [9.17, 15) is 4.79 Å². The second-order valence-corrected chi connectivity index (χ2v) is 7.58. The molecule has 0 unspecified atom stereocenters. The van der Waals surface area contributed by atoms with Crippen molar-refractivity contribution in [3.8, 4) is 0 Å². The molecule has 0 bridgehead atoms. The van der Waals surface area contributed by atoms with Crippen molar-refractivity contribution in [2.24, 2.45) is 4.99 Å². The van der Waals surface area contributed by atoms with Crippen LogP contribution in [-0.2, 0) is 4.79 Å². The lowest BCUT2D eigenvalue weighted by atomic mass is 10.2. The maximum absolute atomic E-state index is 10.9. The zero-order valence-corrected chi connectivity index (χ0v) is 15.0. The molecule has 0 amide bonds. The van der Waals surface area contributed by atoms with Gasteiger partial charge in [0.15, 0.2) is 6.04 Å². The Bertz CT molecular complexity index is 794. The minimum absolute atomic E-state index is 0.473. The highest BCUT2D eigenvalue weighted by Gasteiger charge is 2.25. The second kappa shape index (κ2) is 7.19.